The van der Waals surface area contributed by atoms with Crippen LogP contribution in [-0.2, 0) is 17.6 Å². The third kappa shape index (κ3) is 4.95. The Bertz CT molecular complexity index is 1380. The predicted molar refractivity (Wildman–Crippen MR) is 141 cm³/mol. The summed E-state index contributed by atoms with van der Waals surface area (Å²) in [6.45, 7) is -0.510. The minimum Gasteiger partial charge on any atom is -0.478 e. The molecule has 2 aromatic rings. The highest BCUT2D eigenvalue weighted by Gasteiger charge is 2.44. The van der Waals surface area contributed by atoms with Gasteiger partial charge in [0.2, 0.25) is 0 Å². The first kappa shape index (κ1) is 26.0. The number of aliphatic hydroxyl groups is 4. The number of ether oxygens (including phenoxy) is 1. The largest absolute Gasteiger partial charge is 0.478 e. The molecule has 7 nitrogen and oxygen atoms in total. The highest BCUT2D eigenvalue weighted by molar-refractivity contribution is 6.01. The van der Waals surface area contributed by atoms with Crippen LogP contribution in [0.1, 0.15) is 44.3 Å². The molecule has 1 heterocycles. The molecule has 38 heavy (non-hydrogen) atoms. The summed E-state index contributed by atoms with van der Waals surface area (Å²) in [5.74, 6) is -0.999. The Morgan fingerprint density at radius 1 is 0.711 bits per heavy atom. The Hall–Kier alpha value is -3.59. The van der Waals surface area contributed by atoms with Gasteiger partial charge in [0.1, 0.15) is 30.5 Å². The third-order valence-corrected chi connectivity index (χ3v) is 7.29. The molecule has 5 rings (SSSR count). The van der Waals surface area contributed by atoms with Gasteiger partial charge in [0.05, 0.1) is 12.2 Å². The first-order chi connectivity index (χ1) is 18.4. The van der Waals surface area contributed by atoms with Crippen molar-refractivity contribution in [2.75, 3.05) is 6.61 Å². The number of rotatable bonds is 7. The lowest BCUT2D eigenvalue weighted by atomic mass is 9.89. The van der Waals surface area contributed by atoms with Gasteiger partial charge in [-0.3, -0.25) is 0 Å². The minimum atomic E-state index is -1.48. The Kier molecular flexibility index (Phi) is 7.56. The van der Waals surface area contributed by atoms with E-state index in [1.807, 2.05) is 72.8 Å². The van der Waals surface area contributed by atoms with Crippen LogP contribution in [0.2, 0.25) is 0 Å². The van der Waals surface area contributed by atoms with E-state index >= 15 is 0 Å². The average Bonchev–Trinajstić information content (AvgIpc) is 3.05. The summed E-state index contributed by atoms with van der Waals surface area (Å²) in [5.41, 5.74) is 5.91. The number of benzene rings is 2. The Morgan fingerprint density at radius 3 is 2.03 bits per heavy atom. The molecule has 0 saturated carbocycles. The van der Waals surface area contributed by atoms with E-state index in [-0.39, 0.29) is 5.56 Å². The van der Waals surface area contributed by atoms with E-state index in [1.54, 1.807) is 12.1 Å². The van der Waals surface area contributed by atoms with Gasteiger partial charge in [-0.15, -0.1) is 0 Å². The fraction of sp³-hybridized carbons (Fsp3) is 0.258. The molecule has 3 aliphatic rings. The van der Waals surface area contributed by atoms with E-state index in [1.165, 1.54) is 0 Å². The van der Waals surface area contributed by atoms with Crippen LogP contribution in [-0.4, -0.2) is 62.5 Å². The monoisotopic (exact) mass is 514 g/mol. The summed E-state index contributed by atoms with van der Waals surface area (Å²) in [4.78, 5) is 12.6. The Morgan fingerprint density at radius 2 is 1.34 bits per heavy atom. The molecule has 0 aromatic heterocycles. The number of aromatic carboxylic acids is 1. The van der Waals surface area contributed by atoms with E-state index in [0.29, 0.717) is 29.5 Å². The summed E-state index contributed by atoms with van der Waals surface area (Å²) in [7, 11) is 0. The van der Waals surface area contributed by atoms with Crippen LogP contribution in [0.3, 0.4) is 0 Å². The number of carbonyl (C=O) groups is 1. The normalized spacial score (nSPS) is 23.4. The van der Waals surface area contributed by atoms with Crippen molar-refractivity contribution in [3.05, 3.63) is 118 Å². The fourth-order valence-corrected chi connectivity index (χ4v) is 5.41. The van der Waals surface area contributed by atoms with Gasteiger partial charge in [-0.2, -0.15) is 0 Å². The van der Waals surface area contributed by atoms with Crippen molar-refractivity contribution in [1.82, 2.24) is 0 Å². The maximum absolute atomic E-state index is 12.6. The summed E-state index contributed by atoms with van der Waals surface area (Å²) in [6.07, 6.45) is -5.40. The number of carboxylic acid groups (broad SMARTS) is 1. The average molecular weight is 515 g/mol. The molecule has 2 aliphatic carbocycles. The molecule has 0 spiro atoms. The van der Waals surface area contributed by atoms with Gasteiger partial charge >= 0.3 is 5.97 Å². The summed E-state index contributed by atoms with van der Waals surface area (Å²) in [5, 5.41) is 50.8. The minimum absolute atomic E-state index is 0.264. The highest BCUT2D eigenvalue weighted by Crippen LogP contribution is 2.40. The van der Waals surface area contributed by atoms with Gasteiger partial charge in [-0.05, 0) is 51.8 Å². The molecule has 2 aromatic carbocycles. The van der Waals surface area contributed by atoms with Crippen LogP contribution >= 0.6 is 0 Å². The zero-order valence-corrected chi connectivity index (χ0v) is 20.6. The van der Waals surface area contributed by atoms with Crippen LogP contribution < -0.4 is 0 Å². The van der Waals surface area contributed by atoms with Crippen molar-refractivity contribution in [3.8, 4) is 11.1 Å². The molecule has 5 atom stereocenters. The number of aliphatic hydroxyl groups excluding tert-OH is 4. The van der Waals surface area contributed by atoms with Gasteiger partial charge in [-0.25, -0.2) is 4.79 Å². The van der Waals surface area contributed by atoms with Crippen molar-refractivity contribution in [1.29, 1.82) is 0 Å². The van der Waals surface area contributed by atoms with Gasteiger partial charge < -0.3 is 30.3 Å². The highest BCUT2D eigenvalue weighted by atomic mass is 16.5. The maximum Gasteiger partial charge on any atom is 0.336 e. The van der Waals surface area contributed by atoms with E-state index in [9.17, 15) is 30.3 Å². The van der Waals surface area contributed by atoms with E-state index in [2.05, 4.69) is 0 Å². The number of fused-ring (bicyclic) bond motifs is 1. The van der Waals surface area contributed by atoms with Crippen LogP contribution in [0.15, 0.2) is 84.9 Å². The number of hydrogen-bond acceptors (Lipinski definition) is 6. The summed E-state index contributed by atoms with van der Waals surface area (Å²) in [6, 6.07) is 26.5. The second-order valence-electron chi connectivity index (χ2n) is 9.71. The van der Waals surface area contributed by atoms with Crippen LogP contribution in [0.25, 0.3) is 11.1 Å². The molecule has 196 valence electrons. The molecular formula is C31H30O7. The lowest BCUT2D eigenvalue weighted by Gasteiger charge is -2.40. The second-order valence-corrected chi connectivity index (χ2v) is 9.71. The standard InChI is InChI=1S/C31H30O7/c32-17-25-27(33)28(34)29(35)30(38-25)20-11-7-10-19(14-20)16-24-23(15-18-8-3-1-4-9-18)21-12-5-2-6-13-22(21)26(24)31(36)37/h1-14,25,27-30,32-35H,15-17H2,(H,36,37)/t25-,27-,28+,29-,30+/m1/s1. The Balaban J connectivity index is 1.57. The third-order valence-electron chi connectivity index (χ3n) is 7.29. The molecule has 1 aliphatic heterocycles. The van der Waals surface area contributed by atoms with Gasteiger partial charge in [0.15, 0.2) is 0 Å². The maximum atomic E-state index is 12.6. The Labute approximate surface area is 220 Å². The van der Waals surface area contributed by atoms with Crippen LogP contribution in [0.4, 0.5) is 0 Å². The van der Waals surface area contributed by atoms with Crippen LogP contribution in [0, 0.1) is 0 Å². The zero-order chi connectivity index (χ0) is 26.8. The van der Waals surface area contributed by atoms with Crippen molar-refractivity contribution in [2.24, 2.45) is 0 Å². The smallest absolute Gasteiger partial charge is 0.336 e. The molecule has 7 heteroatoms. The van der Waals surface area contributed by atoms with Crippen molar-refractivity contribution < 1.29 is 35.1 Å². The van der Waals surface area contributed by atoms with E-state index in [4.69, 9.17) is 4.74 Å². The quantitative estimate of drug-likeness (QED) is 0.256. The van der Waals surface area contributed by atoms with Gasteiger partial charge in [-0.1, -0.05) is 84.9 Å². The van der Waals surface area contributed by atoms with Crippen LogP contribution in [0.5, 0.6) is 0 Å². The molecule has 0 unspecified atom stereocenters. The zero-order valence-electron chi connectivity index (χ0n) is 20.6. The first-order valence-corrected chi connectivity index (χ1v) is 12.6. The summed E-state index contributed by atoms with van der Waals surface area (Å²) >= 11 is 0. The van der Waals surface area contributed by atoms with Crippen molar-refractivity contribution >= 4 is 5.97 Å². The molecule has 5 N–H and O–H groups in total. The molecule has 0 radical (unpaired) electrons. The molecule has 1 saturated heterocycles. The topological polar surface area (TPSA) is 127 Å². The van der Waals surface area contributed by atoms with Gasteiger partial charge in [0, 0.05) is 0 Å². The first-order valence-electron chi connectivity index (χ1n) is 12.6. The fourth-order valence-electron chi connectivity index (χ4n) is 5.41. The SMILES string of the molecule is O=C(O)c1c2cccccc-2c(Cc2ccccc2)c1Cc1cccc([C@@H]2O[C@H](CO)[C@@H](O)[C@H](O)[C@H]2O)c1. The van der Waals surface area contributed by atoms with Crippen molar-refractivity contribution in [2.45, 2.75) is 43.4 Å². The molecule has 0 amide bonds. The van der Waals surface area contributed by atoms with Crippen molar-refractivity contribution in [3.63, 3.8) is 0 Å². The lowest BCUT2D eigenvalue weighted by molar-refractivity contribution is -0.231. The second kappa shape index (κ2) is 11.0. The van der Waals surface area contributed by atoms with E-state index in [0.717, 1.165) is 22.3 Å². The van der Waals surface area contributed by atoms with Gasteiger partial charge in [0.25, 0.3) is 0 Å². The molecular weight excluding hydrogens is 484 g/mol. The molecule has 0 bridgehead atoms. The van der Waals surface area contributed by atoms with E-state index < -0.39 is 43.1 Å². The lowest BCUT2D eigenvalue weighted by Crippen LogP contribution is -2.55. The number of hydrogen-bond donors (Lipinski definition) is 5. The number of carboxylic acids is 1. The molecule has 1 fully saturated rings. The predicted octanol–water partition coefficient (Wildman–Crippen LogP) is 3.19. The summed E-state index contributed by atoms with van der Waals surface area (Å²) < 4.78 is 5.74.